The minimum absolute atomic E-state index is 0.0846. The van der Waals surface area contributed by atoms with Gasteiger partial charge in [0.25, 0.3) is 0 Å². The monoisotopic (exact) mass is 745 g/mol. The molecule has 274 valence electrons. The molecule has 0 bridgehead atoms. The molecular weight excluding hydrogens is 711 g/mol. The van der Waals surface area contributed by atoms with Gasteiger partial charge >= 0.3 is 0 Å². The van der Waals surface area contributed by atoms with Gasteiger partial charge in [0.15, 0.2) is 5.84 Å². The van der Waals surface area contributed by atoms with E-state index in [4.69, 9.17) is 18.8 Å². The van der Waals surface area contributed by atoms with Crippen LogP contribution in [0.2, 0.25) is 0 Å². The first-order valence-corrected chi connectivity index (χ1v) is 19.9. The van der Waals surface area contributed by atoms with Gasteiger partial charge in [0.05, 0.1) is 28.1 Å². The van der Waals surface area contributed by atoms with Crippen LogP contribution in [0.3, 0.4) is 0 Å². The Bertz CT molecular complexity index is 3560. The number of nitrogens with zero attached hydrogens (tertiary/aromatic N) is 3. The van der Waals surface area contributed by atoms with Crippen molar-refractivity contribution < 1.29 is 8.83 Å². The number of benzene rings is 8. The summed E-state index contributed by atoms with van der Waals surface area (Å²) in [7, 11) is 0. The van der Waals surface area contributed by atoms with Crippen molar-refractivity contribution >= 4 is 93.7 Å². The Hall–Kier alpha value is -7.50. The molecule has 12 rings (SSSR count). The first-order valence-electron chi connectivity index (χ1n) is 19.9. The van der Waals surface area contributed by atoms with Crippen LogP contribution in [0.25, 0.3) is 87.8 Å². The van der Waals surface area contributed by atoms with Crippen molar-refractivity contribution in [3.05, 3.63) is 193 Å². The van der Waals surface area contributed by atoms with Gasteiger partial charge in [-0.05, 0) is 77.4 Å². The molecule has 4 heterocycles. The zero-order valence-corrected chi connectivity index (χ0v) is 31.7. The summed E-state index contributed by atoms with van der Waals surface area (Å²) < 4.78 is 15.2. The molecule has 5 nitrogen and oxygen atoms in total. The number of amidine groups is 1. The summed E-state index contributed by atoms with van der Waals surface area (Å²) >= 11 is 0. The first kappa shape index (κ1) is 32.7. The molecule has 1 atom stereocenters. The number of para-hydroxylation sites is 3. The SMILES string of the molecule is CC1C/C=C(\c2cc3c(cc2-n2c4ccccc4c4cc5ccccc5cc42)oc2ccccc23)N=C(c2ccccc2)N=C1c1ccc2oc3ccccc3c2c1. The maximum Gasteiger partial charge on any atom is 0.160 e. The van der Waals surface area contributed by atoms with Crippen LogP contribution >= 0.6 is 0 Å². The van der Waals surface area contributed by atoms with Crippen LogP contribution < -0.4 is 0 Å². The summed E-state index contributed by atoms with van der Waals surface area (Å²) in [5, 5.41) is 9.13. The number of rotatable bonds is 4. The molecule has 8 aromatic carbocycles. The highest BCUT2D eigenvalue weighted by atomic mass is 16.3. The third kappa shape index (κ3) is 5.10. The number of aliphatic imine (C=N–C) groups is 2. The Balaban J connectivity index is 1.13. The van der Waals surface area contributed by atoms with Gasteiger partial charge in [0, 0.05) is 55.4 Å². The minimum Gasteiger partial charge on any atom is -0.456 e. The lowest BCUT2D eigenvalue weighted by Crippen LogP contribution is -2.17. The third-order valence-corrected chi connectivity index (χ3v) is 11.8. The van der Waals surface area contributed by atoms with Crippen molar-refractivity contribution in [3.8, 4) is 5.69 Å². The van der Waals surface area contributed by atoms with E-state index in [0.29, 0.717) is 5.84 Å². The van der Waals surface area contributed by atoms with Crippen LogP contribution in [-0.2, 0) is 0 Å². The fourth-order valence-corrected chi connectivity index (χ4v) is 9.00. The Morgan fingerprint density at radius 3 is 1.91 bits per heavy atom. The smallest absolute Gasteiger partial charge is 0.160 e. The molecular formula is C53H35N3O2. The normalized spacial score (nSPS) is 15.9. The highest BCUT2D eigenvalue weighted by Gasteiger charge is 2.24. The van der Waals surface area contributed by atoms with E-state index < -0.39 is 0 Å². The van der Waals surface area contributed by atoms with E-state index in [1.165, 1.54) is 21.5 Å². The summed E-state index contributed by atoms with van der Waals surface area (Å²) in [4.78, 5) is 11.1. The van der Waals surface area contributed by atoms with Crippen molar-refractivity contribution in [2.45, 2.75) is 13.3 Å². The molecule has 0 fully saturated rings. The van der Waals surface area contributed by atoms with E-state index in [2.05, 4.69) is 157 Å². The Kier molecular flexibility index (Phi) is 7.20. The molecule has 3 aromatic heterocycles. The van der Waals surface area contributed by atoms with E-state index in [-0.39, 0.29) is 5.92 Å². The second kappa shape index (κ2) is 12.8. The lowest BCUT2D eigenvalue weighted by Gasteiger charge is -2.20. The molecule has 1 aliphatic heterocycles. The van der Waals surface area contributed by atoms with Gasteiger partial charge in [-0.2, -0.15) is 0 Å². The Morgan fingerprint density at radius 2 is 1.12 bits per heavy atom. The van der Waals surface area contributed by atoms with Crippen LogP contribution in [0.5, 0.6) is 0 Å². The predicted molar refractivity (Wildman–Crippen MR) is 241 cm³/mol. The maximum atomic E-state index is 6.60. The van der Waals surface area contributed by atoms with E-state index in [9.17, 15) is 0 Å². The molecule has 1 aliphatic rings. The second-order valence-electron chi connectivity index (χ2n) is 15.4. The van der Waals surface area contributed by atoms with Crippen LogP contribution in [0.1, 0.15) is 30.0 Å². The van der Waals surface area contributed by atoms with Gasteiger partial charge in [0.2, 0.25) is 0 Å². The molecule has 0 amide bonds. The summed E-state index contributed by atoms with van der Waals surface area (Å²) in [5.41, 5.74) is 11.6. The zero-order valence-electron chi connectivity index (χ0n) is 31.7. The molecule has 0 saturated heterocycles. The molecule has 0 N–H and O–H groups in total. The molecule has 5 heteroatoms. The fraction of sp³-hybridized carbons (Fsp3) is 0.0566. The standard InChI is InChI=1S/C53H35N3O2/c1-32-23-25-44(54-53(33-13-3-2-4-14-33)55-52(32)36-24-26-50-41(28-36)38-18-8-11-21-48(38)57-50)43-30-42-39-19-9-12-22-49(39)58-51(42)31-47(43)56-45-20-10-7-17-37(45)40-27-34-15-5-6-16-35(34)29-46(40)56/h2-22,24-32H,23H2,1H3/b44-25+,54-53?,55-52?. The maximum absolute atomic E-state index is 6.60. The van der Waals surface area contributed by atoms with E-state index in [1.54, 1.807) is 0 Å². The van der Waals surface area contributed by atoms with Gasteiger partial charge in [-0.25, -0.2) is 9.98 Å². The summed E-state index contributed by atoms with van der Waals surface area (Å²) in [5.74, 6) is 0.753. The summed E-state index contributed by atoms with van der Waals surface area (Å²) in [6.07, 6.45) is 3.05. The number of allylic oxidation sites excluding steroid dienone is 1. The van der Waals surface area contributed by atoms with Gasteiger partial charge < -0.3 is 13.4 Å². The van der Waals surface area contributed by atoms with Crippen molar-refractivity contribution in [3.63, 3.8) is 0 Å². The molecule has 0 spiro atoms. The lowest BCUT2D eigenvalue weighted by molar-refractivity contribution is 0.668. The van der Waals surface area contributed by atoms with Crippen molar-refractivity contribution in [1.29, 1.82) is 0 Å². The van der Waals surface area contributed by atoms with Gasteiger partial charge in [-0.3, -0.25) is 0 Å². The molecule has 1 unspecified atom stereocenters. The van der Waals surface area contributed by atoms with Crippen LogP contribution in [0.15, 0.2) is 195 Å². The highest BCUT2D eigenvalue weighted by Crippen LogP contribution is 2.41. The molecule has 0 aliphatic carbocycles. The molecule has 11 aromatic rings. The molecule has 0 saturated carbocycles. The molecule has 58 heavy (non-hydrogen) atoms. The number of hydrogen-bond donors (Lipinski definition) is 0. The van der Waals surface area contributed by atoms with Crippen molar-refractivity contribution in [1.82, 2.24) is 4.57 Å². The van der Waals surface area contributed by atoms with E-state index >= 15 is 0 Å². The fourth-order valence-electron chi connectivity index (χ4n) is 9.00. The average Bonchev–Trinajstić information content (AvgIpc) is 3.93. The van der Waals surface area contributed by atoms with Crippen LogP contribution in [0, 0.1) is 5.92 Å². The van der Waals surface area contributed by atoms with Crippen molar-refractivity contribution in [2.24, 2.45) is 15.9 Å². The summed E-state index contributed by atoms with van der Waals surface area (Å²) in [6.45, 7) is 2.27. The quantitative estimate of drug-likeness (QED) is 0.180. The largest absolute Gasteiger partial charge is 0.456 e. The Labute approximate surface area is 333 Å². The van der Waals surface area contributed by atoms with E-state index in [1.807, 2.05) is 30.3 Å². The van der Waals surface area contributed by atoms with Crippen molar-refractivity contribution in [2.75, 3.05) is 0 Å². The zero-order chi connectivity index (χ0) is 38.3. The number of hydrogen-bond acceptors (Lipinski definition) is 4. The number of fused-ring (bicyclic) bond motifs is 10. The predicted octanol–water partition coefficient (Wildman–Crippen LogP) is 14.1. The van der Waals surface area contributed by atoms with Crippen LogP contribution in [-0.4, -0.2) is 16.1 Å². The third-order valence-electron chi connectivity index (χ3n) is 11.8. The van der Waals surface area contributed by atoms with Gasteiger partial charge in [-0.1, -0.05) is 122 Å². The van der Waals surface area contributed by atoms with Gasteiger partial charge in [-0.15, -0.1) is 0 Å². The first-order chi connectivity index (χ1) is 28.6. The minimum atomic E-state index is 0.0846. The summed E-state index contributed by atoms with van der Waals surface area (Å²) in [6, 6.07) is 59.7. The highest BCUT2D eigenvalue weighted by molar-refractivity contribution is 6.18. The second-order valence-corrected chi connectivity index (χ2v) is 15.4. The topological polar surface area (TPSA) is 55.9 Å². The lowest BCUT2D eigenvalue weighted by atomic mass is 9.92. The molecule has 0 radical (unpaired) electrons. The van der Waals surface area contributed by atoms with Crippen LogP contribution in [0.4, 0.5) is 0 Å². The average molecular weight is 746 g/mol. The Morgan fingerprint density at radius 1 is 0.483 bits per heavy atom. The van der Waals surface area contributed by atoms with E-state index in [0.717, 1.165) is 95.1 Å². The number of furan rings is 2. The van der Waals surface area contributed by atoms with Gasteiger partial charge in [0.1, 0.15) is 22.3 Å². The number of aromatic nitrogens is 1.